The average Bonchev–Trinajstić information content (AvgIpc) is 3.04. The summed E-state index contributed by atoms with van der Waals surface area (Å²) in [4.78, 5) is 23.8. The summed E-state index contributed by atoms with van der Waals surface area (Å²) in [5, 5.41) is 3.17. The van der Waals surface area contributed by atoms with E-state index < -0.39 is 0 Å². The number of hydrogen-bond acceptors (Lipinski definition) is 5. The van der Waals surface area contributed by atoms with E-state index >= 15 is 0 Å². The number of carbonyl (C=O) groups is 2. The van der Waals surface area contributed by atoms with Gasteiger partial charge in [0.1, 0.15) is 13.2 Å². The Morgan fingerprint density at radius 2 is 0.778 bits per heavy atom. The quantitative estimate of drug-likeness (QED) is 0.0436. The SMILES string of the molecule is CCCCC/C=C\C/C=C\CCCCCCCC(=O)OCCNCCOC(=O)CCCCCCC/C=C\C/C=C\CCCCC. The Bertz CT molecular complexity index is 693. The summed E-state index contributed by atoms with van der Waals surface area (Å²) in [6.45, 7) is 6.36. The van der Waals surface area contributed by atoms with Crippen LogP contribution in [0.25, 0.3) is 0 Å². The molecule has 260 valence electrons. The topological polar surface area (TPSA) is 64.6 Å². The molecule has 0 aromatic rings. The Morgan fingerprint density at radius 3 is 1.16 bits per heavy atom. The van der Waals surface area contributed by atoms with Crippen LogP contribution in [0.3, 0.4) is 0 Å². The molecule has 5 heteroatoms. The molecule has 0 aromatic carbocycles. The Kier molecular flexibility index (Phi) is 36.2. The molecule has 0 aromatic heterocycles. The van der Waals surface area contributed by atoms with Gasteiger partial charge < -0.3 is 14.8 Å². The van der Waals surface area contributed by atoms with Gasteiger partial charge in [-0.2, -0.15) is 0 Å². The number of nitrogens with one attached hydrogen (secondary N) is 1. The van der Waals surface area contributed by atoms with Gasteiger partial charge in [-0.25, -0.2) is 0 Å². The fourth-order valence-electron chi connectivity index (χ4n) is 4.90. The fraction of sp³-hybridized carbons (Fsp3) is 0.750. The number of unbranched alkanes of at least 4 members (excludes halogenated alkanes) is 16. The maximum Gasteiger partial charge on any atom is 0.305 e. The Labute approximate surface area is 278 Å². The Hall–Kier alpha value is -2.14. The summed E-state index contributed by atoms with van der Waals surface area (Å²) < 4.78 is 10.6. The summed E-state index contributed by atoms with van der Waals surface area (Å²) in [5.41, 5.74) is 0. The lowest BCUT2D eigenvalue weighted by molar-refractivity contribution is -0.143. The Balaban J connectivity index is 3.36. The number of esters is 2. The molecule has 0 unspecified atom stereocenters. The monoisotopic (exact) mass is 630 g/mol. The average molecular weight is 630 g/mol. The van der Waals surface area contributed by atoms with Gasteiger partial charge in [0.25, 0.3) is 0 Å². The molecule has 0 fully saturated rings. The number of ether oxygens (including phenoxy) is 2. The van der Waals surface area contributed by atoms with Crippen LogP contribution in [0.2, 0.25) is 0 Å². The molecular formula is C40H71NO4. The molecule has 0 radical (unpaired) electrons. The highest BCUT2D eigenvalue weighted by Crippen LogP contribution is 2.10. The van der Waals surface area contributed by atoms with Gasteiger partial charge in [0.2, 0.25) is 0 Å². The predicted octanol–water partition coefficient (Wildman–Crippen LogP) is 11.3. The molecule has 0 aliphatic carbocycles. The van der Waals surface area contributed by atoms with Crippen LogP contribution in [-0.2, 0) is 19.1 Å². The van der Waals surface area contributed by atoms with Crippen molar-refractivity contribution >= 4 is 11.9 Å². The van der Waals surface area contributed by atoms with Crippen molar-refractivity contribution in [2.24, 2.45) is 0 Å². The van der Waals surface area contributed by atoms with Crippen molar-refractivity contribution in [1.82, 2.24) is 5.32 Å². The van der Waals surface area contributed by atoms with Crippen LogP contribution in [-0.4, -0.2) is 38.2 Å². The van der Waals surface area contributed by atoms with Crippen LogP contribution in [0.5, 0.6) is 0 Å². The summed E-state index contributed by atoms with van der Waals surface area (Å²) in [7, 11) is 0. The van der Waals surface area contributed by atoms with Crippen LogP contribution in [0, 0.1) is 0 Å². The first-order chi connectivity index (χ1) is 22.2. The van der Waals surface area contributed by atoms with Gasteiger partial charge in [-0.05, 0) is 77.0 Å². The first-order valence-corrected chi connectivity index (χ1v) is 18.8. The molecule has 0 saturated heterocycles. The van der Waals surface area contributed by atoms with E-state index in [0.717, 1.165) is 51.4 Å². The van der Waals surface area contributed by atoms with Gasteiger partial charge in [-0.3, -0.25) is 9.59 Å². The molecule has 1 N–H and O–H groups in total. The van der Waals surface area contributed by atoms with Crippen LogP contribution in [0.15, 0.2) is 48.6 Å². The highest BCUT2D eigenvalue weighted by atomic mass is 16.5. The molecule has 0 spiro atoms. The highest BCUT2D eigenvalue weighted by Gasteiger charge is 2.04. The lowest BCUT2D eigenvalue weighted by Crippen LogP contribution is -2.26. The summed E-state index contributed by atoms with van der Waals surface area (Å²) in [6.07, 6.45) is 45.2. The second kappa shape index (κ2) is 38.0. The van der Waals surface area contributed by atoms with E-state index in [0.29, 0.717) is 39.1 Å². The van der Waals surface area contributed by atoms with E-state index in [1.807, 2.05) is 0 Å². The first-order valence-electron chi connectivity index (χ1n) is 18.8. The molecule has 0 aliphatic rings. The standard InChI is InChI=1S/C40H71NO4/c1-3-5-7-9-11-13-15-17-19-21-23-25-27-29-31-33-39(42)44-37-35-41-36-38-45-40(43)34-32-30-28-26-24-22-20-18-16-14-12-10-8-6-4-2/h11-14,17-20,41H,3-10,15-16,21-38H2,1-2H3/b13-11-,14-12-,19-17-,20-18-. The van der Waals surface area contributed by atoms with Crippen molar-refractivity contribution in [2.75, 3.05) is 26.3 Å². The lowest BCUT2D eigenvalue weighted by atomic mass is 10.1. The normalized spacial score (nSPS) is 12.0. The van der Waals surface area contributed by atoms with E-state index in [4.69, 9.17) is 9.47 Å². The van der Waals surface area contributed by atoms with Gasteiger partial charge in [0, 0.05) is 25.9 Å². The van der Waals surface area contributed by atoms with Gasteiger partial charge in [0.05, 0.1) is 0 Å². The van der Waals surface area contributed by atoms with Crippen LogP contribution in [0.4, 0.5) is 0 Å². The van der Waals surface area contributed by atoms with Crippen LogP contribution >= 0.6 is 0 Å². The van der Waals surface area contributed by atoms with E-state index in [1.165, 1.54) is 89.9 Å². The van der Waals surface area contributed by atoms with E-state index in [-0.39, 0.29) is 11.9 Å². The van der Waals surface area contributed by atoms with Crippen LogP contribution in [0.1, 0.15) is 168 Å². The summed E-state index contributed by atoms with van der Waals surface area (Å²) in [5.74, 6) is -0.238. The zero-order valence-corrected chi connectivity index (χ0v) is 29.6. The molecule has 5 nitrogen and oxygen atoms in total. The van der Waals surface area contributed by atoms with Crippen molar-refractivity contribution in [3.8, 4) is 0 Å². The third-order valence-corrected chi connectivity index (χ3v) is 7.75. The van der Waals surface area contributed by atoms with Crippen LogP contribution < -0.4 is 5.32 Å². The molecule has 0 rings (SSSR count). The van der Waals surface area contributed by atoms with Gasteiger partial charge >= 0.3 is 11.9 Å². The summed E-state index contributed by atoms with van der Waals surface area (Å²) >= 11 is 0. The maximum absolute atomic E-state index is 11.9. The van der Waals surface area contributed by atoms with Gasteiger partial charge in [-0.1, -0.05) is 127 Å². The van der Waals surface area contributed by atoms with E-state index in [9.17, 15) is 9.59 Å². The lowest BCUT2D eigenvalue weighted by Gasteiger charge is -2.08. The van der Waals surface area contributed by atoms with Crippen molar-refractivity contribution in [3.63, 3.8) is 0 Å². The molecular weight excluding hydrogens is 558 g/mol. The summed E-state index contributed by atoms with van der Waals surface area (Å²) in [6, 6.07) is 0. The zero-order valence-electron chi connectivity index (χ0n) is 29.6. The molecule has 0 heterocycles. The molecule has 0 amide bonds. The van der Waals surface area contributed by atoms with E-state index in [2.05, 4.69) is 67.8 Å². The Morgan fingerprint density at radius 1 is 0.444 bits per heavy atom. The second-order valence-corrected chi connectivity index (χ2v) is 12.2. The van der Waals surface area contributed by atoms with Crippen molar-refractivity contribution in [2.45, 2.75) is 168 Å². The maximum atomic E-state index is 11.9. The third-order valence-electron chi connectivity index (χ3n) is 7.75. The van der Waals surface area contributed by atoms with Gasteiger partial charge in [-0.15, -0.1) is 0 Å². The fourth-order valence-corrected chi connectivity index (χ4v) is 4.90. The van der Waals surface area contributed by atoms with Crippen molar-refractivity contribution in [3.05, 3.63) is 48.6 Å². The number of rotatable bonds is 34. The third kappa shape index (κ3) is 38.0. The van der Waals surface area contributed by atoms with Crippen molar-refractivity contribution < 1.29 is 19.1 Å². The first kappa shape index (κ1) is 42.9. The highest BCUT2D eigenvalue weighted by molar-refractivity contribution is 5.69. The second-order valence-electron chi connectivity index (χ2n) is 12.2. The van der Waals surface area contributed by atoms with E-state index in [1.54, 1.807) is 0 Å². The number of allylic oxidation sites excluding steroid dienone is 8. The number of hydrogen-bond donors (Lipinski definition) is 1. The minimum absolute atomic E-state index is 0.119. The molecule has 0 aliphatic heterocycles. The zero-order chi connectivity index (χ0) is 32.7. The molecule has 0 atom stereocenters. The largest absolute Gasteiger partial charge is 0.464 e. The molecule has 0 saturated carbocycles. The predicted molar refractivity (Wildman–Crippen MR) is 194 cm³/mol. The number of carbonyl (C=O) groups excluding carboxylic acids is 2. The van der Waals surface area contributed by atoms with Gasteiger partial charge in [0.15, 0.2) is 0 Å². The minimum atomic E-state index is -0.119. The molecule has 45 heavy (non-hydrogen) atoms. The van der Waals surface area contributed by atoms with Crippen molar-refractivity contribution in [1.29, 1.82) is 0 Å². The smallest absolute Gasteiger partial charge is 0.305 e. The minimum Gasteiger partial charge on any atom is -0.464 e. The molecule has 0 bridgehead atoms.